The van der Waals surface area contributed by atoms with Gasteiger partial charge in [0.15, 0.2) is 0 Å². The number of fused-ring (bicyclic) bond motifs is 3. The summed E-state index contributed by atoms with van der Waals surface area (Å²) in [6.45, 7) is 0. The molecule has 34 heavy (non-hydrogen) atoms. The molecule has 0 fully saturated rings. The maximum absolute atomic E-state index is 9.75. The molecule has 4 heteroatoms. The third kappa shape index (κ3) is 3.72. The van der Waals surface area contributed by atoms with Crippen molar-refractivity contribution < 1.29 is 10.0 Å². The Morgan fingerprint density at radius 3 is 1.85 bits per heavy atom. The van der Waals surface area contributed by atoms with Crippen molar-refractivity contribution in [2.45, 2.75) is 0 Å². The van der Waals surface area contributed by atoms with Crippen LogP contribution in [0.15, 0.2) is 115 Å². The van der Waals surface area contributed by atoms with Crippen molar-refractivity contribution in [2.75, 3.05) is 0 Å². The number of rotatable bonds is 4. The molecular formula is C30H21BO2S. The van der Waals surface area contributed by atoms with Gasteiger partial charge in [-0.15, -0.1) is 11.3 Å². The Morgan fingerprint density at radius 1 is 0.500 bits per heavy atom. The minimum absolute atomic E-state index is 0.489. The minimum Gasteiger partial charge on any atom is -0.423 e. The summed E-state index contributed by atoms with van der Waals surface area (Å²) in [6, 6.07) is 39.6. The fourth-order valence-corrected chi connectivity index (χ4v) is 5.77. The lowest BCUT2D eigenvalue weighted by Gasteiger charge is -2.10. The molecule has 0 amide bonds. The van der Waals surface area contributed by atoms with Gasteiger partial charge in [-0.2, -0.15) is 0 Å². The normalized spacial score (nSPS) is 11.2. The Morgan fingerprint density at radius 2 is 1.15 bits per heavy atom. The molecule has 0 atom stereocenters. The molecule has 0 unspecified atom stereocenters. The Hall–Kier alpha value is -3.70. The first kappa shape index (κ1) is 20.9. The summed E-state index contributed by atoms with van der Waals surface area (Å²) in [5.74, 6) is 0. The van der Waals surface area contributed by atoms with Crippen LogP contribution in [0.25, 0.3) is 53.6 Å². The second-order valence-corrected chi connectivity index (χ2v) is 9.50. The van der Waals surface area contributed by atoms with Crippen molar-refractivity contribution in [2.24, 2.45) is 0 Å². The largest absolute Gasteiger partial charge is 0.488 e. The third-order valence-electron chi connectivity index (χ3n) is 6.28. The Bertz CT molecular complexity index is 1620. The predicted octanol–water partition coefficient (Wildman–Crippen LogP) is 6.74. The van der Waals surface area contributed by atoms with Crippen molar-refractivity contribution in [3.8, 4) is 33.4 Å². The van der Waals surface area contributed by atoms with Gasteiger partial charge in [-0.1, -0.05) is 91.0 Å². The van der Waals surface area contributed by atoms with Crippen LogP contribution in [0.5, 0.6) is 0 Å². The number of hydrogen-bond acceptors (Lipinski definition) is 3. The van der Waals surface area contributed by atoms with Crippen LogP contribution in [0.3, 0.4) is 0 Å². The highest BCUT2D eigenvalue weighted by molar-refractivity contribution is 7.26. The van der Waals surface area contributed by atoms with E-state index in [0.29, 0.717) is 5.46 Å². The first-order chi connectivity index (χ1) is 16.7. The van der Waals surface area contributed by atoms with E-state index in [1.807, 2.05) is 30.3 Å². The van der Waals surface area contributed by atoms with Crippen molar-refractivity contribution in [3.63, 3.8) is 0 Å². The molecule has 6 rings (SSSR count). The first-order valence-corrected chi connectivity index (χ1v) is 12.1. The molecule has 0 aliphatic rings. The second kappa shape index (κ2) is 8.58. The van der Waals surface area contributed by atoms with Crippen molar-refractivity contribution in [1.29, 1.82) is 0 Å². The maximum atomic E-state index is 9.75. The minimum atomic E-state index is -1.50. The van der Waals surface area contributed by atoms with E-state index in [1.54, 1.807) is 17.4 Å². The summed E-state index contributed by atoms with van der Waals surface area (Å²) < 4.78 is 2.43. The van der Waals surface area contributed by atoms with E-state index < -0.39 is 7.12 Å². The molecule has 0 radical (unpaired) electrons. The van der Waals surface area contributed by atoms with Gasteiger partial charge in [-0.25, -0.2) is 0 Å². The molecule has 0 saturated heterocycles. The zero-order chi connectivity index (χ0) is 23.1. The van der Waals surface area contributed by atoms with Gasteiger partial charge < -0.3 is 10.0 Å². The van der Waals surface area contributed by atoms with E-state index in [0.717, 1.165) is 22.3 Å². The summed E-state index contributed by atoms with van der Waals surface area (Å²) in [7, 11) is -1.50. The van der Waals surface area contributed by atoms with Gasteiger partial charge in [0.2, 0.25) is 0 Å². The molecule has 0 spiro atoms. The van der Waals surface area contributed by atoms with Gasteiger partial charge in [0, 0.05) is 25.7 Å². The molecule has 0 aliphatic carbocycles. The quantitative estimate of drug-likeness (QED) is 0.289. The lowest BCUT2D eigenvalue weighted by molar-refractivity contribution is 0.426. The van der Waals surface area contributed by atoms with Gasteiger partial charge >= 0.3 is 7.12 Å². The molecule has 2 N–H and O–H groups in total. The molecule has 5 aromatic carbocycles. The standard InChI is InChI=1S/C30H21BO2S/c32-31(33)25-13-7-12-23(16-25)26-18-24(21-10-5-2-6-11-21)19-28-27-17-22(20-8-3-1-4-9-20)14-15-29(27)34-30(26)28/h1-19,32-33H. The van der Waals surface area contributed by atoms with Crippen LogP contribution >= 0.6 is 11.3 Å². The van der Waals surface area contributed by atoms with Gasteiger partial charge in [0.05, 0.1) is 0 Å². The molecule has 0 bridgehead atoms. The lowest BCUT2D eigenvalue weighted by Crippen LogP contribution is -2.29. The van der Waals surface area contributed by atoms with Crippen LogP contribution < -0.4 is 5.46 Å². The van der Waals surface area contributed by atoms with Crippen molar-refractivity contribution in [3.05, 3.63) is 115 Å². The molecule has 6 aromatic rings. The highest BCUT2D eigenvalue weighted by Crippen LogP contribution is 2.43. The fourth-order valence-electron chi connectivity index (χ4n) is 4.57. The zero-order valence-corrected chi connectivity index (χ0v) is 19.2. The second-order valence-electron chi connectivity index (χ2n) is 8.44. The van der Waals surface area contributed by atoms with Gasteiger partial charge in [-0.05, 0) is 57.5 Å². The SMILES string of the molecule is OB(O)c1cccc(-c2cc(-c3ccccc3)cc3c2sc2ccc(-c4ccccc4)cc23)c1. The van der Waals surface area contributed by atoms with E-state index in [2.05, 4.69) is 78.9 Å². The molecule has 2 nitrogen and oxygen atoms in total. The molecule has 162 valence electrons. The van der Waals surface area contributed by atoms with E-state index in [4.69, 9.17) is 0 Å². The van der Waals surface area contributed by atoms with Crippen LogP contribution in [0.2, 0.25) is 0 Å². The van der Waals surface area contributed by atoms with Crippen LogP contribution in [0.4, 0.5) is 0 Å². The van der Waals surface area contributed by atoms with E-state index >= 15 is 0 Å². The van der Waals surface area contributed by atoms with E-state index in [1.165, 1.54) is 31.3 Å². The van der Waals surface area contributed by atoms with Crippen molar-refractivity contribution >= 4 is 44.1 Å². The number of benzene rings is 5. The Balaban J connectivity index is 1.65. The van der Waals surface area contributed by atoms with Gasteiger partial charge in [0.1, 0.15) is 0 Å². The molecule has 1 heterocycles. The average molecular weight is 456 g/mol. The third-order valence-corrected chi connectivity index (χ3v) is 7.50. The average Bonchev–Trinajstić information content (AvgIpc) is 3.27. The summed E-state index contributed by atoms with van der Waals surface area (Å²) in [5, 5.41) is 22.0. The summed E-state index contributed by atoms with van der Waals surface area (Å²) in [6.07, 6.45) is 0. The van der Waals surface area contributed by atoms with Gasteiger partial charge in [0.25, 0.3) is 0 Å². The smallest absolute Gasteiger partial charge is 0.423 e. The molecule has 1 aromatic heterocycles. The number of thiophene rings is 1. The fraction of sp³-hybridized carbons (Fsp3) is 0. The van der Waals surface area contributed by atoms with E-state index in [9.17, 15) is 10.0 Å². The van der Waals surface area contributed by atoms with E-state index in [-0.39, 0.29) is 0 Å². The molecule has 0 aliphatic heterocycles. The van der Waals surface area contributed by atoms with Crippen molar-refractivity contribution in [1.82, 2.24) is 0 Å². The van der Waals surface area contributed by atoms with Crippen LogP contribution in [0, 0.1) is 0 Å². The predicted molar refractivity (Wildman–Crippen MR) is 145 cm³/mol. The van der Waals surface area contributed by atoms with Crippen LogP contribution in [-0.2, 0) is 0 Å². The lowest BCUT2D eigenvalue weighted by atomic mass is 9.79. The first-order valence-electron chi connectivity index (χ1n) is 11.2. The maximum Gasteiger partial charge on any atom is 0.488 e. The van der Waals surface area contributed by atoms with Gasteiger partial charge in [-0.3, -0.25) is 0 Å². The Labute approximate surface area is 202 Å². The highest BCUT2D eigenvalue weighted by atomic mass is 32.1. The Kier molecular flexibility index (Phi) is 5.27. The van der Waals surface area contributed by atoms with Crippen LogP contribution in [0.1, 0.15) is 0 Å². The topological polar surface area (TPSA) is 40.5 Å². The number of hydrogen-bond donors (Lipinski definition) is 2. The molecule has 0 saturated carbocycles. The molecular weight excluding hydrogens is 435 g/mol. The zero-order valence-electron chi connectivity index (χ0n) is 18.3. The monoisotopic (exact) mass is 456 g/mol. The summed E-state index contributed by atoms with van der Waals surface area (Å²) >= 11 is 1.78. The summed E-state index contributed by atoms with van der Waals surface area (Å²) in [5.41, 5.74) is 7.26. The highest BCUT2D eigenvalue weighted by Gasteiger charge is 2.16. The summed E-state index contributed by atoms with van der Waals surface area (Å²) in [4.78, 5) is 0. The van der Waals surface area contributed by atoms with Crippen LogP contribution in [-0.4, -0.2) is 17.2 Å².